The Morgan fingerprint density at radius 1 is 1.05 bits per heavy atom. The van der Waals surface area contributed by atoms with Crippen LogP contribution in [0.4, 0.5) is 0 Å². The van der Waals surface area contributed by atoms with Crippen LogP contribution in [0.3, 0.4) is 0 Å². The topological polar surface area (TPSA) is 30.5 Å². The molecule has 0 aliphatic carbocycles. The van der Waals surface area contributed by atoms with Crippen molar-refractivity contribution in [2.45, 2.75) is 46.2 Å². The van der Waals surface area contributed by atoms with E-state index >= 15 is 0 Å². The molecule has 1 rings (SSSR count). The first-order valence-corrected chi connectivity index (χ1v) is 7.01. The molecule has 0 fully saturated rings. The van der Waals surface area contributed by atoms with Gasteiger partial charge in [-0.2, -0.15) is 0 Å². The van der Waals surface area contributed by atoms with Gasteiger partial charge in [-0.25, -0.2) is 0 Å². The summed E-state index contributed by atoms with van der Waals surface area (Å²) in [6.45, 7) is 8.91. The van der Waals surface area contributed by atoms with Gasteiger partial charge in [0.2, 0.25) is 0 Å². The Morgan fingerprint density at radius 2 is 1.68 bits per heavy atom. The van der Waals surface area contributed by atoms with Crippen molar-refractivity contribution in [2.24, 2.45) is 5.92 Å². The second-order valence-electron chi connectivity index (χ2n) is 5.26. The maximum atomic E-state index is 5.35. The van der Waals surface area contributed by atoms with Gasteiger partial charge in [0.1, 0.15) is 0 Å². The van der Waals surface area contributed by atoms with E-state index in [-0.39, 0.29) is 0 Å². The van der Waals surface area contributed by atoms with E-state index in [9.17, 15) is 0 Å². The predicted octanol–water partition coefficient (Wildman–Crippen LogP) is 3.79. The van der Waals surface area contributed by atoms with Gasteiger partial charge in [0.05, 0.1) is 14.2 Å². The molecule has 0 saturated carbocycles. The molecule has 3 heteroatoms. The molecule has 0 aliphatic rings. The number of methoxy groups -OCH3 is 2. The highest BCUT2D eigenvalue weighted by Gasteiger charge is 2.16. The Labute approximate surface area is 117 Å². The zero-order chi connectivity index (χ0) is 14.4. The molecule has 2 unspecified atom stereocenters. The standard InChI is InChI=1S/C16H27NO2/c1-7-14(11(2)3)17-12(4)13-8-9-15(18-5)16(10-13)19-6/h8-12,14,17H,7H2,1-6H3. The molecule has 0 amide bonds. The lowest BCUT2D eigenvalue weighted by atomic mass is 9.99. The highest BCUT2D eigenvalue weighted by Crippen LogP contribution is 2.30. The first kappa shape index (κ1) is 15.8. The van der Waals surface area contributed by atoms with E-state index in [0.29, 0.717) is 18.0 Å². The lowest BCUT2D eigenvalue weighted by Gasteiger charge is -2.26. The van der Waals surface area contributed by atoms with Crippen molar-refractivity contribution in [3.05, 3.63) is 23.8 Å². The van der Waals surface area contributed by atoms with E-state index in [2.05, 4.69) is 39.1 Å². The van der Waals surface area contributed by atoms with Crippen LogP contribution < -0.4 is 14.8 Å². The summed E-state index contributed by atoms with van der Waals surface area (Å²) in [6, 6.07) is 6.92. The van der Waals surface area contributed by atoms with E-state index in [1.165, 1.54) is 5.56 Å². The molecular weight excluding hydrogens is 238 g/mol. The average molecular weight is 265 g/mol. The fourth-order valence-electron chi connectivity index (χ4n) is 2.32. The Morgan fingerprint density at radius 3 is 2.16 bits per heavy atom. The molecule has 1 aromatic rings. The summed E-state index contributed by atoms with van der Waals surface area (Å²) in [5.74, 6) is 2.19. The molecule has 0 aromatic heterocycles. The molecule has 1 aromatic carbocycles. The van der Waals surface area contributed by atoms with Crippen molar-refractivity contribution < 1.29 is 9.47 Å². The van der Waals surface area contributed by atoms with Crippen molar-refractivity contribution in [3.63, 3.8) is 0 Å². The highest BCUT2D eigenvalue weighted by molar-refractivity contribution is 5.43. The molecule has 2 atom stereocenters. The summed E-state index contributed by atoms with van der Waals surface area (Å²) in [4.78, 5) is 0. The van der Waals surface area contributed by atoms with E-state index in [1.54, 1.807) is 14.2 Å². The number of hydrogen-bond donors (Lipinski definition) is 1. The van der Waals surface area contributed by atoms with Gasteiger partial charge >= 0.3 is 0 Å². The lowest BCUT2D eigenvalue weighted by Crippen LogP contribution is -2.35. The van der Waals surface area contributed by atoms with Gasteiger partial charge in [-0.3, -0.25) is 0 Å². The number of nitrogens with one attached hydrogen (secondary N) is 1. The van der Waals surface area contributed by atoms with Crippen LogP contribution in [0.2, 0.25) is 0 Å². The Bertz CT molecular complexity index is 390. The molecule has 3 nitrogen and oxygen atoms in total. The Balaban J connectivity index is 2.84. The fourth-order valence-corrected chi connectivity index (χ4v) is 2.32. The summed E-state index contributed by atoms with van der Waals surface area (Å²) < 4.78 is 10.6. The third kappa shape index (κ3) is 4.13. The molecule has 1 N–H and O–H groups in total. The second kappa shape index (κ2) is 7.39. The molecule has 0 heterocycles. The summed E-state index contributed by atoms with van der Waals surface area (Å²) in [7, 11) is 3.33. The lowest BCUT2D eigenvalue weighted by molar-refractivity contribution is 0.346. The normalized spacial score (nSPS) is 14.3. The molecule has 108 valence electrons. The van der Waals surface area contributed by atoms with Gasteiger partial charge in [0, 0.05) is 12.1 Å². The maximum absolute atomic E-state index is 5.35. The Kier molecular flexibility index (Phi) is 6.16. The minimum atomic E-state index is 0.298. The summed E-state index contributed by atoms with van der Waals surface area (Å²) in [5.41, 5.74) is 1.22. The quantitative estimate of drug-likeness (QED) is 0.813. The van der Waals surface area contributed by atoms with Gasteiger partial charge in [0.15, 0.2) is 11.5 Å². The number of hydrogen-bond acceptors (Lipinski definition) is 3. The van der Waals surface area contributed by atoms with Gasteiger partial charge in [0.25, 0.3) is 0 Å². The highest BCUT2D eigenvalue weighted by atomic mass is 16.5. The third-order valence-electron chi connectivity index (χ3n) is 3.62. The minimum Gasteiger partial charge on any atom is -0.493 e. The first-order chi connectivity index (χ1) is 9.03. The van der Waals surface area contributed by atoms with Crippen LogP contribution in [0.25, 0.3) is 0 Å². The van der Waals surface area contributed by atoms with Crippen LogP contribution >= 0.6 is 0 Å². The van der Waals surface area contributed by atoms with Crippen LogP contribution in [-0.4, -0.2) is 20.3 Å². The van der Waals surface area contributed by atoms with Crippen molar-refractivity contribution in [2.75, 3.05) is 14.2 Å². The molecule has 19 heavy (non-hydrogen) atoms. The third-order valence-corrected chi connectivity index (χ3v) is 3.62. The fraction of sp³-hybridized carbons (Fsp3) is 0.625. The van der Waals surface area contributed by atoms with Crippen molar-refractivity contribution in [3.8, 4) is 11.5 Å². The van der Waals surface area contributed by atoms with Crippen molar-refractivity contribution in [1.82, 2.24) is 5.32 Å². The van der Waals surface area contributed by atoms with Crippen molar-refractivity contribution >= 4 is 0 Å². The summed E-state index contributed by atoms with van der Waals surface area (Å²) >= 11 is 0. The summed E-state index contributed by atoms with van der Waals surface area (Å²) in [5, 5.41) is 3.67. The van der Waals surface area contributed by atoms with Crippen LogP contribution in [0.1, 0.15) is 45.7 Å². The minimum absolute atomic E-state index is 0.298. The second-order valence-corrected chi connectivity index (χ2v) is 5.26. The average Bonchev–Trinajstić information content (AvgIpc) is 2.43. The zero-order valence-electron chi connectivity index (χ0n) is 13.0. The number of rotatable bonds is 7. The molecule has 0 saturated heterocycles. The molecule has 0 bridgehead atoms. The van der Waals surface area contributed by atoms with E-state index in [4.69, 9.17) is 9.47 Å². The van der Waals surface area contributed by atoms with Gasteiger partial charge in [-0.15, -0.1) is 0 Å². The van der Waals surface area contributed by atoms with Gasteiger partial charge in [-0.05, 0) is 37.0 Å². The van der Waals surface area contributed by atoms with Crippen LogP contribution in [0.15, 0.2) is 18.2 Å². The Hall–Kier alpha value is -1.22. The molecule has 0 spiro atoms. The van der Waals surface area contributed by atoms with Crippen LogP contribution in [0, 0.1) is 5.92 Å². The maximum Gasteiger partial charge on any atom is 0.161 e. The summed E-state index contributed by atoms with van der Waals surface area (Å²) in [6.07, 6.45) is 1.13. The van der Waals surface area contributed by atoms with Gasteiger partial charge < -0.3 is 14.8 Å². The van der Waals surface area contributed by atoms with Crippen LogP contribution in [-0.2, 0) is 0 Å². The largest absolute Gasteiger partial charge is 0.493 e. The monoisotopic (exact) mass is 265 g/mol. The molecule has 0 aliphatic heterocycles. The number of ether oxygens (including phenoxy) is 2. The van der Waals surface area contributed by atoms with Gasteiger partial charge in [-0.1, -0.05) is 26.8 Å². The van der Waals surface area contributed by atoms with Crippen molar-refractivity contribution in [1.29, 1.82) is 0 Å². The first-order valence-electron chi connectivity index (χ1n) is 7.01. The smallest absolute Gasteiger partial charge is 0.161 e. The number of benzene rings is 1. The van der Waals surface area contributed by atoms with E-state index in [1.807, 2.05) is 12.1 Å². The SMILES string of the molecule is CCC(NC(C)c1ccc(OC)c(OC)c1)C(C)C. The van der Waals surface area contributed by atoms with Crippen LogP contribution in [0.5, 0.6) is 11.5 Å². The van der Waals surface area contributed by atoms with E-state index < -0.39 is 0 Å². The molecule has 0 radical (unpaired) electrons. The van der Waals surface area contributed by atoms with E-state index in [0.717, 1.165) is 17.9 Å². The molecular formula is C16H27NO2. The zero-order valence-corrected chi connectivity index (χ0v) is 13.0. The predicted molar refractivity (Wildman–Crippen MR) is 80.0 cm³/mol.